The number of aryl methyl sites for hydroxylation is 1. The third-order valence-corrected chi connectivity index (χ3v) is 3.40. The number of thiophene rings is 1. The molecule has 0 spiro atoms. The lowest BCUT2D eigenvalue weighted by atomic mass is 10.3. The average Bonchev–Trinajstić information content (AvgIpc) is 2.60. The number of anilines is 1. The smallest absolute Gasteiger partial charge is 0.341 e. The van der Waals surface area contributed by atoms with Gasteiger partial charge in [0.2, 0.25) is 5.91 Å². The second-order valence-electron chi connectivity index (χ2n) is 3.30. The highest BCUT2D eigenvalue weighted by atomic mass is 32.2. The summed E-state index contributed by atoms with van der Waals surface area (Å²) in [5.74, 6) is -0.125. The quantitative estimate of drug-likeness (QED) is 0.838. The van der Waals surface area contributed by atoms with Gasteiger partial charge in [0, 0.05) is 4.88 Å². The summed E-state index contributed by atoms with van der Waals surface area (Å²) in [6, 6.07) is 1.73. The van der Waals surface area contributed by atoms with Gasteiger partial charge in [-0.3, -0.25) is 4.79 Å². The predicted octanol–water partition coefficient (Wildman–Crippen LogP) is 2.53. The van der Waals surface area contributed by atoms with Crippen LogP contribution in [-0.2, 0) is 9.53 Å². The van der Waals surface area contributed by atoms with Crippen molar-refractivity contribution < 1.29 is 14.3 Å². The van der Waals surface area contributed by atoms with Gasteiger partial charge in [-0.15, -0.1) is 11.3 Å². The zero-order chi connectivity index (χ0) is 12.8. The Kier molecular flexibility index (Phi) is 5.50. The van der Waals surface area contributed by atoms with Crippen LogP contribution in [0.3, 0.4) is 0 Å². The third-order valence-electron chi connectivity index (χ3n) is 1.88. The highest BCUT2D eigenvalue weighted by Gasteiger charge is 2.17. The van der Waals surface area contributed by atoms with Gasteiger partial charge in [0.05, 0.1) is 17.9 Å². The molecule has 1 heterocycles. The van der Waals surface area contributed by atoms with Gasteiger partial charge >= 0.3 is 5.97 Å². The maximum Gasteiger partial charge on any atom is 0.341 e. The van der Waals surface area contributed by atoms with E-state index in [1.807, 2.05) is 13.2 Å². The van der Waals surface area contributed by atoms with Gasteiger partial charge in [-0.2, -0.15) is 11.8 Å². The summed E-state index contributed by atoms with van der Waals surface area (Å²) in [6.07, 6.45) is 1.85. The number of esters is 1. The van der Waals surface area contributed by atoms with Gasteiger partial charge in [0.15, 0.2) is 0 Å². The van der Waals surface area contributed by atoms with Crippen LogP contribution in [-0.4, -0.2) is 30.5 Å². The van der Waals surface area contributed by atoms with Crippen molar-refractivity contribution in [3.8, 4) is 0 Å². The second kappa shape index (κ2) is 6.66. The molecule has 1 aromatic heterocycles. The lowest BCUT2D eigenvalue weighted by molar-refractivity contribution is -0.113. The average molecular weight is 273 g/mol. The third kappa shape index (κ3) is 4.05. The van der Waals surface area contributed by atoms with Crippen molar-refractivity contribution in [3.63, 3.8) is 0 Å². The van der Waals surface area contributed by atoms with Crippen molar-refractivity contribution in [1.29, 1.82) is 0 Å². The zero-order valence-electron chi connectivity index (χ0n) is 10.0. The molecule has 0 aliphatic rings. The molecule has 0 aliphatic carbocycles. The van der Waals surface area contributed by atoms with Crippen LogP contribution in [0.15, 0.2) is 6.07 Å². The molecule has 0 aliphatic heterocycles. The molecule has 4 nitrogen and oxygen atoms in total. The Morgan fingerprint density at radius 2 is 2.24 bits per heavy atom. The Morgan fingerprint density at radius 3 is 2.82 bits per heavy atom. The molecule has 0 saturated carbocycles. The van der Waals surface area contributed by atoms with Crippen LogP contribution in [0.5, 0.6) is 0 Å². The molecule has 0 saturated heterocycles. The first-order chi connectivity index (χ1) is 8.08. The Bertz CT molecular complexity index is 415. The molecule has 0 bridgehead atoms. The number of hydrogen-bond donors (Lipinski definition) is 1. The summed E-state index contributed by atoms with van der Waals surface area (Å²) in [5, 5.41) is 3.30. The first kappa shape index (κ1) is 14.1. The van der Waals surface area contributed by atoms with Crippen LogP contribution in [0.4, 0.5) is 5.00 Å². The number of carbonyl (C=O) groups is 2. The number of ether oxygens (including phenoxy) is 1. The monoisotopic (exact) mass is 273 g/mol. The number of rotatable bonds is 5. The van der Waals surface area contributed by atoms with E-state index < -0.39 is 5.97 Å². The summed E-state index contributed by atoms with van der Waals surface area (Å²) in [5.41, 5.74) is 0.434. The molecular formula is C11H15NO3S2. The number of nitrogens with one attached hydrogen (secondary N) is 1. The van der Waals surface area contributed by atoms with E-state index in [0.29, 0.717) is 22.9 Å². The molecule has 17 heavy (non-hydrogen) atoms. The minimum atomic E-state index is -0.392. The second-order valence-corrected chi connectivity index (χ2v) is 5.42. The molecule has 94 valence electrons. The Hall–Kier alpha value is -1.01. The summed E-state index contributed by atoms with van der Waals surface area (Å²) in [7, 11) is 0. The number of hydrogen-bond acceptors (Lipinski definition) is 5. The predicted molar refractivity (Wildman–Crippen MR) is 72.0 cm³/mol. The molecule has 1 N–H and O–H groups in total. The zero-order valence-corrected chi connectivity index (χ0v) is 11.7. The first-order valence-electron chi connectivity index (χ1n) is 5.14. The van der Waals surface area contributed by atoms with Gasteiger partial charge in [-0.05, 0) is 26.2 Å². The van der Waals surface area contributed by atoms with Crippen molar-refractivity contribution in [2.45, 2.75) is 13.8 Å². The van der Waals surface area contributed by atoms with Crippen molar-refractivity contribution >= 4 is 40.0 Å². The molecule has 0 fully saturated rings. The summed E-state index contributed by atoms with van der Waals surface area (Å²) >= 11 is 2.82. The van der Waals surface area contributed by atoms with E-state index in [4.69, 9.17) is 4.74 Å². The van der Waals surface area contributed by atoms with Crippen LogP contribution < -0.4 is 5.32 Å². The molecule has 0 atom stereocenters. The summed E-state index contributed by atoms with van der Waals surface area (Å²) in [4.78, 5) is 24.1. The van der Waals surface area contributed by atoms with Crippen LogP contribution in [0.25, 0.3) is 0 Å². The maximum atomic E-state index is 11.6. The van der Waals surface area contributed by atoms with E-state index in [0.717, 1.165) is 4.88 Å². The minimum absolute atomic E-state index is 0.107. The minimum Gasteiger partial charge on any atom is -0.462 e. The number of amides is 1. The topological polar surface area (TPSA) is 55.4 Å². The fraction of sp³-hybridized carbons (Fsp3) is 0.455. The van der Waals surface area contributed by atoms with E-state index in [1.54, 1.807) is 13.0 Å². The molecule has 1 aromatic rings. The van der Waals surface area contributed by atoms with Gasteiger partial charge in [0.1, 0.15) is 5.00 Å². The molecule has 1 amide bonds. The Morgan fingerprint density at radius 1 is 1.53 bits per heavy atom. The van der Waals surface area contributed by atoms with Gasteiger partial charge in [-0.1, -0.05) is 0 Å². The van der Waals surface area contributed by atoms with E-state index in [2.05, 4.69) is 5.32 Å². The molecule has 0 radical (unpaired) electrons. The van der Waals surface area contributed by atoms with E-state index in [-0.39, 0.29) is 5.91 Å². The van der Waals surface area contributed by atoms with Crippen molar-refractivity contribution in [3.05, 3.63) is 16.5 Å². The van der Waals surface area contributed by atoms with Crippen LogP contribution in [0, 0.1) is 6.92 Å². The normalized spacial score (nSPS) is 10.1. The largest absolute Gasteiger partial charge is 0.462 e. The van der Waals surface area contributed by atoms with Crippen LogP contribution >= 0.6 is 23.1 Å². The van der Waals surface area contributed by atoms with Crippen LogP contribution in [0.1, 0.15) is 22.2 Å². The molecule has 0 aromatic carbocycles. The molecule has 6 heteroatoms. The molecule has 1 rings (SSSR count). The van der Waals surface area contributed by atoms with Crippen molar-refractivity contribution in [2.75, 3.05) is 23.9 Å². The maximum absolute atomic E-state index is 11.6. The molecular weight excluding hydrogens is 258 g/mol. The highest BCUT2D eigenvalue weighted by molar-refractivity contribution is 7.99. The fourth-order valence-corrected chi connectivity index (χ4v) is 2.51. The van der Waals surface area contributed by atoms with Crippen LogP contribution in [0.2, 0.25) is 0 Å². The Balaban J connectivity index is 2.84. The molecule has 0 unspecified atom stereocenters. The number of thioether (sulfide) groups is 1. The van der Waals surface area contributed by atoms with E-state index >= 15 is 0 Å². The van der Waals surface area contributed by atoms with E-state index in [9.17, 15) is 9.59 Å². The fourth-order valence-electron chi connectivity index (χ4n) is 1.26. The SMILES string of the molecule is CCOC(=O)c1cc(C)sc1NC(=O)CSC. The summed E-state index contributed by atoms with van der Waals surface area (Å²) in [6.45, 7) is 3.96. The Labute approximate surface area is 109 Å². The van der Waals surface area contributed by atoms with Gasteiger partial charge in [-0.25, -0.2) is 4.79 Å². The van der Waals surface area contributed by atoms with Gasteiger partial charge in [0.25, 0.3) is 0 Å². The van der Waals surface area contributed by atoms with Gasteiger partial charge < -0.3 is 10.1 Å². The lowest BCUT2D eigenvalue weighted by Gasteiger charge is -2.04. The number of carbonyl (C=O) groups excluding carboxylic acids is 2. The van der Waals surface area contributed by atoms with Crippen molar-refractivity contribution in [1.82, 2.24) is 0 Å². The van der Waals surface area contributed by atoms with E-state index in [1.165, 1.54) is 23.1 Å². The highest BCUT2D eigenvalue weighted by Crippen LogP contribution is 2.28. The summed E-state index contributed by atoms with van der Waals surface area (Å²) < 4.78 is 4.93. The standard InChI is InChI=1S/C11H15NO3S2/c1-4-15-11(14)8-5-7(2)17-10(8)12-9(13)6-16-3/h5H,4,6H2,1-3H3,(H,12,13). The lowest BCUT2D eigenvalue weighted by Crippen LogP contribution is -2.15. The van der Waals surface area contributed by atoms with Crippen molar-refractivity contribution in [2.24, 2.45) is 0 Å². The first-order valence-corrected chi connectivity index (χ1v) is 7.35.